The molecule has 0 radical (unpaired) electrons. The summed E-state index contributed by atoms with van der Waals surface area (Å²) < 4.78 is 6.23. The minimum absolute atomic E-state index is 0.0681. The van der Waals surface area contributed by atoms with E-state index in [1.165, 1.54) is 0 Å². The van der Waals surface area contributed by atoms with Crippen LogP contribution in [0.2, 0.25) is 0 Å². The van der Waals surface area contributed by atoms with Crippen molar-refractivity contribution in [2.24, 2.45) is 5.41 Å². The van der Waals surface area contributed by atoms with E-state index in [0.717, 1.165) is 22.6 Å². The highest BCUT2D eigenvalue weighted by Gasteiger charge is 2.25. The second-order valence-corrected chi connectivity index (χ2v) is 8.98. The third kappa shape index (κ3) is 4.77. The molecule has 1 heterocycles. The van der Waals surface area contributed by atoms with Gasteiger partial charge in [0.2, 0.25) is 0 Å². The molecule has 0 atom stereocenters. The molecule has 0 bridgehead atoms. The lowest BCUT2D eigenvalue weighted by molar-refractivity contribution is 0.262. The number of nitriles is 2. The Hall–Kier alpha value is -4.54. The Balaban J connectivity index is 1.75. The number of allylic oxidation sites excluding steroid dienone is 5. The molecule has 0 aromatic heterocycles. The predicted octanol–water partition coefficient (Wildman–Crippen LogP) is 7.80. The zero-order valence-corrected chi connectivity index (χ0v) is 19.5. The van der Waals surface area contributed by atoms with E-state index in [2.05, 4.69) is 29.2 Å². The van der Waals surface area contributed by atoms with Crippen LogP contribution in [0.15, 0.2) is 114 Å². The molecule has 34 heavy (non-hydrogen) atoms. The molecule has 166 valence electrons. The Kier molecular flexibility index (Phi) is 6.35. The second kappa shape index (κ2) is 9.53. The van der Waals surface area contributed by atoms with Crippen LogP contribution in [-0.2, 0) is 4.74 Å². The van der Waals surface area contributed by atoms with Crippen LogP contribution in [0, 0.1) is 28.1 Å². The first-order valence-corrected chi connectivity index (χ1v) is 11.1. The third-order valence-electron chi connectivity index (χ3n) is 5.48. The molecule has 0 unspecified atom stereocenters. The normalized spacial score (nSPS) is 13.0. The van der Waals surface area contributed by atoms with Gasteiger partial charge in [-0.1, -0.05) is 57.2 Å². The van der Waals surface area contributed by atoms with Crippen molar-refractivity contribution in [3.63, 3.8) is 0 Å². The Morgan fingerprint density at radius 2 is 1.21 bits per heavy atom. The fourth-order valence-corrected chi connectivity index (χ4v) is 3.69. The number of rotatable bonds is 4. The number of para-hydroxylation sites is 2. The van der Waals surface area contributed by atoms with Gasteiger partial charge in [-0.25, -0.2) is 0 Å². The zero-order valence-electron chi connectivity index (χ0n) is 19.5. The molecule has 1 aliphatic rings. The summed E-state index contributed by atoms with van der Waals surface area (Å²) in [5.41, 5.74) is 4.35. The largest absolute Gasteiger partial charge is 0.461 e. The molecule has 0 fully saturated rings. The van der Waals surface area contributed by atoms with Crippen molar-refractivity contribution in [1.82, 2.24) is 0 Å². The van der Waals surface area contributed by atoms with Gasteiger partial charge in [-0.15, -0.1) is 0 Å². The number of hydrogen-bond donors (Lipinski definition) is 0. The van der Waals surface area contributed by atoms with Crippen LogP contribution in [0.3, 0.4) is 0 Å². The molecule has 0 N–H and O–H groups in total. The summed E-state index contributed by atoms with van der Waals surface area (Å²) in [6.07, 6.45) is 3.55. The Morgan fingerprint density at radius 1 is 0.706 bits per heavy atom. The summed E-state index contributed by atoms with van der Waals surface area (Å²) in [5, 5.41) is 18.8. The van der Waals surface area contributed by atoms with E-state index < -0.39 is 0 Å². The average Bonchev–Trinajstić information content (AvgIpc) is 2.86. The summed E-state index contributed by atoms with van der Waals surface area (Å²) in [5.74, 6) is 1.32. The highest BCUT2D eigenvalue weighted by molar-refractivity contribution is 5.78. The summed E-state index contributed by atoms with van der Waals surface area (Å²) in [6, 6.07) is 32.5. The van der Waals surface area contributed by atoms with E-state index in [9.17, 15) is 10.5 Å². The van der Waals surface area contributed by atoms with Crippen LogP contribution >= 0.6 is 0 Å². The molecule has 1 aliphatic heterocycles. The van der Waals surface area contributed by atoms with Gasteiger partial charge in [0.1, 0.15) is 29.2 Å². The highest BCUT2D eigenvalue weighted by Crippen LogP contribution is 2.39. The maximum Gasteiger partial charge on any atom is 0.137 e. The molecule has 0 aliphatic carbocycles. The molecule has 0 amide bonds. The lowest BCUT2D eigenvalue weighted by atomic mass is 9.90. The first kappa shape index (κ1) is 22.6. The summed E-state index contributed by atoms with van der Waals surface area (Å²) in [7, 11) is 0. The maximum absolute atomic E-state index is 9.40. The number of benzene rings is 3. The molecule has 4 heteroatoms. The second-order valence-electron chi connectivity index (χ2n) is 8.98. The van der Waals surface area contributed by atoms with Crippen LogP contribution in [0.25, 0.3) is 5.76 Å². The highest BCUT2D eigenvalue weighted by atomic mass is 16.5. The van der Waals surface area contributed by atoms with E-state index >= 15 is 0 Å². The molecule has 0 saturated heterocycles. The van der Waals surface area contributed by atoms with Gasteiger partial charge in [0, 0.05) is 33.6 Å². The Bertz CT molecular complexity index is 1290. The molecule has 3 aromatic rings. The van der Waals surface area contributed by atoms with Crippen molar-refractivity contribution in [3.8, 4) is 12.1 Å². The van der Waals surface area contributed by atoms with E-state index in [1.807, 2.05) is 93.6 Å². The van der Waals surface area contributed by atoms with Gasteiger partial charge in [0.25, 0.3) is 0 Å². The third-order valence-corrected chi connectivity index (χ3v) is 5.48. The number of anilines is 3. The van der Waals surface area contributed by atoms with E-state index in [0.29, 0.717) is 17.1 Å². The van der Waals surface area contributed by atoms with Crippen LogP contribution in [0.4, 0.5) is 17.1 Å². The molecule has 4 nitrogen and oxygen atoms in total. The minimum Gasteiger partial charge on any atom is -0.461 e. The van der Waals surface area contributed by atoms with Crippen molar-refractivity contribution < 1.29 is 4.74 Å². The van der Waals surface area contributed by atoms with Gasteiger partial charge in [-0.2, -0.15) is 10.5 Å². The number of nitrogens with zero attached hydrogens (tertiary/aromatic N) is 3. The van der Waals surface area contributed by atoms with Gasteiger partial charge in [-0.05, 0) is 60.7 Å². The van der Waals surface area contributed by atoms with E-state index in [-0.39, 0.29) is 11.0 Å². The molecular formula is C30H25N3O. The fraction of sp³-hybridized carbons (Fsp3) is 0.133. The molecule has 3 aromatic carbocycles. The fourth-order valence-electron chi connectivity index (χ4n) is 3.69. The SMILES string of the molecule is CC(C)(C)C1=CC(=C(C#N)C#N)C=C(c2ccc(N(c3ccccc3)c3ccccc3)cc2)O1. The monoisotopic (exact) mass is 443 g/mol. The Labute approximate surface area is 201 Å². The van der Waals surface area contributed by atoms with Gasteiger partial charge < -0.3 is 9.64 Å². The standard InChI is InChI=1S/C30H25N3O/c1-30(2,3)29-19-23(24(20-31)21-32)18-28(34-29)22-14-16-27(17-15-22)33(25-10-6-4-7-11-25)26-12-8-5-9-13-26/h4-19H,1-3H3. The summed E-state index contributed by atoms with van der Waals surface area (Å²) in [6.45, 7) is 6.12. The Morgan fingerprint density at radius 3 is 1.68 bits per heavy atom. The minimum atomic E-state index is -0.280. The van der Waals surface area contributed by atoms with Crippen LogP contribution in [-0.4, -0.2) is 0 Å². The number of ether oxygens (including phenoxy) is 1. The maximum atomic E-state index is 9.40. The molecule has 4 rings (SSSR count). The van der Waals surface area contributed by atoms with Gasteiger partial charge >= 0.3 is 0 Å². The quantitative estimate of drug-likeness (QED) is 0.386. The van der Waals surface area contributed by atoms with Crippen molar-refractivity contribution in [1.29, 1.82) is 10.5 Å². The lowest BCUT2D eigenvalue weighted by Gasteiger charge is -2.28. The van der Waals surface area contributed by atoms with Gasteiger partial charge in [0.05, 0.1) is 0 Å². The zero-order chi connectivity index (χ0) is 24.1. The first-order valence-electron chi connectivity index (χ1n) is 11.1. The molecule has 0 saturated carbocycles. The smallest absolute Gasteiger partial charge is 0.137 e. The van der Waals surface area contributed by atoms with Gasteiger partial charge in [0.15, 0.2) is 0 Å². The lowest BCUT2D eigenvalue weighted by Crippen LogP contribution is -2.15. The van der Waals surface area contributed by atoms with Crippen molar-refractivity contribution in [2.75, 3.05) is 4.90 Å². The van der Waals surface area contributed by atoms with Crippen molar-refractivity contribution in [3.05, 3.63) is 120 Å². The van der Waals surface area contributed by atoms with Gasteiger partial charge in [-0.3, -0.25) is 0 Å². The predicted molar refractivity (Wildman–Crippen MR) is 136 cm³/mol. The summed E-state index contributed by atoms with van der Waals surface area (Å²) >= 11 is 0. The van der Waals surface area contributed by atoms with Crippen LogP contribution < -0.4 is 4.90 Å². The van der Waals surface area contributed by atoms with E-state index in [4.69, 9.17) is 4.74 Å². The first-order chi connectivity index (χ1) is 16.4. The van der Waals surface area contributed by atoms with Crippen molar-refractivity contribution in [2.45, 2.75) is 20.8 Å². The summed E-state index contributed by atoms with van der Waals surface area (Å²) in [4.78, 5) is 2.19. The van der Waals surface area contributed by atoms with Crippen LogP contribution in [0.1, 0.15) is 26.3 Å². The van der Waals surface area contributed by atoms with Crippen LogP contribution in [0.5, 0.6) is 0 Å². The molecule has 0 spiro atoms. The number of hydrogen-bond acceptors (Lipinski definition) is 4. The average molecular weight is 444 g/mol. The van der Waals surface area contributed by atoms with E-state index in [1.54, 1.807) is 12.2 Å². The topological polar surface area (TPSA) is 60.0 Å². The molecular weight excluding hydrogens is 418 g/mol. The van der Waals surface area contributed by atoms with Crippen molar-refractivity contribution >= 4 is 22.8 Å².